The van der Waals surface area contributed by atoms with Gasteiger partial charge in [0.1, 0.15) is 5.82 Å². The fourth-order valence-corrected chi connectivity index (χ4v) is 4.19. The Hall–Kier alpha value is -3.29. The van der Waals surface area contributed by atoms with Crippen molar-refractivity contribution < 1.29 is 4.79 Å². The maximum Gasteiger partial charge on any atom is 0.293 e. The van der Waals surface area contributed by atoms with E-state index in [4.69, 9.17) is 0 Å². The van der Waals surface area contributed by atoms with Gasteiger partial charge < -0.3 is 14.8 Å². The summed E-state index contributed by atoms with van der Waals surface area (Å²) >= 11 is 0. The van der Waals surface area contributed by atoms with E-state index >= 15 is 0 Å². The molecule has 1 saturated heterocycles. The number of rotatable bonds is 3. The van der Waals surface area contributed by atoms with Crippen LogP contribution in [-0.2, 0) is 6.54 Å². The Balaban J connectivity index is 1.37. The van der Waals surface area contributed by atoms with Crippen molar-refractivity contribution >= 4 is 17.4 Å². The van der Waals surface area contributed by atoms with Crippen molar-refractivity contribution in [3.63, 3.8) is 0 Å². The molecule has 28 heavy (non-hydrogen) atoms. The molecule has 2 aliphatic heterocycles. The minimum Gasteiger partial charge on any atom is -0.354 e. The molecule has 5 rings (SSSR count). The van der Waals surface area contributed by atoms with Crippen LogP contribution in [0.1, 0.15) is 34.5 Å². The molecule has 3 aromatic rings. The first-order chi connectivity index (χ1) is 13.7. The third kappa shape index (κ3) is 2.90. The maximum absolute atomic E-state index is 12.7. The van der Waals surface area contributed by atoms with Gasteiger partial charge in [0, 0.05) is 31.2 Å². The van der Waals surface area contributed by atoms with E-state index in [1.807, 2.05) is 54.0 Å². The topological polar surface area (TPSA) is 88.8 Å². The number of aryl methyl sites for hydroxylation is 1. The lowest BCUT2D eigenvalue weighted by molar-refractivity contribution is 0.101. The average Bonchev–Trinajstić information content (AvgIpc) is 3.33. The SMILES string of the molecule is Cc1ccc(N2C[C@@H]3CCn4c(C(=O)Nc5ccccc5)nnc4[C@@H]3C2)nn1. The number of hydrogen-bond donors (Lipinski definition) is 1. The second-order valence-corrected chi connectivity index (χ2v) is 7.45. The highest BCUT2D eigenvalue weighted by molar-refractivity contribution is 6.01. The number of anilines is 2. The normalized spacial score (nSPS) is 20.5. The van der Waals surface area contributed by atoms with E-state index in [0.29, 0.717) is 11.7 Å². The minimum absolute atomic E-state index is 0.220. The summed E-state index contributed by atoms with van der Waals surface area (Å²) in [4.78, 5) is 15.0. The molecule has 0 saturated carbocycles. The van der Waals surface area contributed by atoms with E-state index in [-0.39, 0.29) is 11.8 Å². The largest absolute Gasteiger partial charge is 0.354 e. The van der Waals surface area contributed by atoms with Gasteiger partial charge in [0.25, 0.3) is 5.91 Å². The molecule has 1 fully saturated rings. The molecule has 0 bridgehead atoms. The van der Waals surface area contributed by atoms with Gasteiger partial charge in [0.2, 0.25) is 5.82 Å². The predicted octanol–water partition coefficient (Wildman–Crippen LogP) is 2.25. The molecule has 2 atom stereocenters. The quantitative estimate of drug-likeness (QED) is 0.755. The molecular formula is C20H21N7O. The lowest BCUT2D eigenvalue weighted by Gasteiger charge is -2.24. The van der Waals surface area contributed by atoms with E-state index in [1.165, 1.54) is 0 Å². The fourth-order valence-electron chi connectivity index (χ4n) is 4.19. The number of aromatic nitrogens is 5. The molecule has 2 aliphatic rings. The van der Waals surface area contributed by atoms with Crippen LogP contribution in [-0.4, -0.2) is 44.0 Å². The van der Waals surface area contributed by atoms with Gasteiger partial charge in [-0.25, -0.2) is 0 Å². The number of nitrogens with zero attached hydrogens (tertiary/aromatic N) is 6. The predicted molar refractivity (Wildman–Crippen MR) is 104 cm³/mol. The van der Waals surface area contributed by atoms with Crippen LogP contribution in [0.2, 0.25) is 0 Å². The minimum atomic E-state index is -0.220. The van der Waals surface area contributed by atoms with Crippen LogP contribution in [0.3, 0.4) is 0 Å². The Bertz CT molecular complexity index is 999. The first-order valence-corrected chi connectivity index (χ1v) is 9.54. The summed E-state index contributed by atoms with van der Waals surface area (Å²) < 4.78 is 1.98. The van der Waals surface area contributed by atoms with Gasteiger partial charge in [-0.2, -0.15) is 5.10 Å². The number of nitrogens with one attached hydrogen (secondary N) is 1. The first-order valence-electron chi connectivity index (χ1n) is 9.54. The number of amides is 1. The molecule has 0 aliphatic carbocycles. The Morgan fingerprint density at radius 2 is 1.89 bits per heavy atom. The van der Waals surface area contributed by atoms with Crippen molar-refractivity contribution in [1.29, 1.82) is 0 Å². The summed E-state index contributed by atoms with van der Waals surface area (Å²) in [5, 5.41) is 20.0. The molecule has 0 spiro atoms. The number of para-hydroxylation sites is 1. The summed E-state index contributed by atoms with van der Waals surface area (Å²) in [7, 11) is 0. The molecule has 8 heteroatoms. The van der Waals surface area contributed by atoms with Crippen molar-refractivity contribution in [2.45, 2.75) is 25.8 Å². The smallest absolute Gasteiger partial charge is 0.293 e. The zero-order chi connectivity index (χ0) is 19.1. The number of fused-ring (bicyclic) bond motifs is 3. The van der Waals surface area contributed by atoms with Crippen molar-refractivity contribution in [2.75, 3.05) is 23.3 Å². The molecule has 1 amide bonds. The van der Waals surface area contributed by atoms with E-state index in [1.54, 1.807) is 0 Å². The number of hydrogen-bond acceptors (Lipinski definition) is 6. The lowest BCUT2D eigenvalue weighted by atomic mass is 9.89. The monoisotopic (exact) mass is 375 g/mol. The summed E-state index contributed by atoms with van der Waals surface area (Å²) in [5.74, 6) is 2.70. The van der Waals surface area contributed by atoms with Crippen LogP contribution in [0.4, 0.5) is 11.5 Å². The summed E-state index contributed by atoms with van der Waals surface area (Å²) in [6.45, 7) is 4.45. The van der Waals surface area contributed by atoms with Gasteiger partial charge in [-0.3, -0.25) is 4.79 Å². The third-order valence-electron chi connectivity index (χ3n) is 5.62. The molecule has 2 aromatic heterocycles. The highest BCUT2D eigenvalue weighted by atomic mass is 16.2. The van der Waals surface area contributed by atoms with Crippen molar-refractivity contribution in [1.82, 2.24) is 25.0 Å². The zero-order valence-electron chi connectivity index (χ0n) is 15.6. The molecule has 0 unspecified atom stereocenters. The van der Waals surface area contributed by atoms with Crippen molar-refractivity contribution in [2.24, 2.45) is 5.92 Å². The van der Waals surface area contributed by atoms with Gasteiger partial charge in [-0.15, -0.1) is 15.3 Å². The molecule has 8 nitrogen and oxygen atoms in total. The second-order valence-electron chi connectivity index (χ2n) is 7.45. The Morgan fingerprint density at radius 1 is 1.04 bits per heavy atom. The van der Waals surface area contributed by atoms with E-state index in [0.717, 1.165) is 49.1 Å². The standard InChI is InChI=1S/C20H21N7O/c1-13-7-8-17(23-22-13)26-11-14-9-10-27-18(16(14)12-26)24-25-19(27)20(28)21-15-5-3-2-4-6-15/h2-8,14,16H,9-12H2,1H3,(H,21,28)/t14-,16+/m0/s1. The highest BCUT2D eigenvalue weighted by Crippen LogP contribution is 2.39. The third-order valence-corrected chi connectivity index (χ3v) is 5.62. The Labute approximate surface area is 162 Å². The molecular weight excluding hydrogens is 354 g/mol. The molecule has 4 heterocycles. The van der Waals surface area contributed by atoms with Crippen LogP contribution in [0.15, 0.2) is 42.5 Å². The van der Waals surface area contributed by atoms with Gasteiger partial charge >= 0.3 is 0 Å². The fraction of sp³-hybridized carbons (Fsp3) is 0.350. The Kier molecular flexibility index (Phi) is 4.03. The van der Waals surface area contributed by atoms with E-state index in [9.17, 15) is 4.79 Å². The summed E-state index contributed by atoms with van der Waals surface area (Å²) in [5.41, 5.74) is 1.66. The van der Waals surface area contributed by atoms with Crippen molar-refractivity contribution in [3.8, 4) is 0 Å². The van der Waals surface area contributed by atoms with Gasteiger partial charge in [-0.1, -0.05) is 18.2 Å². The Morgan fingerprint density at radius 3 is 2.68 bits per heavy atom. The highest BCUT2D eigenvalue weighted by Gasteiger charge is 2.41. The van der Waals surface area contributed by atoms with Gasteiger partial charge in [-0.05, 0) is 43.5 Å². The van der Waals surface area contributed by atoms with Crippen molar-refractivity contribution in [3.05, 3.63) is 59.8 Å². The summed E-state index contributed by atoms with van der Waals surface area (Å²) in [6, 6.07) is 13.4. The van der Waals surface area contributed by atoms with Crippen LogP contribution in [0.5, 0.6) is 0 Å². The number of carbonyl (C=O) groups is 1. The van der Waals surface area contributed by atoms with Crippen LogP contribution < -0.4 is 10.2 Å². The van der Waals surface area contributed by atoms with Crippen LogP contribution >= 0.6 is 0 Å². The number of carbonyl (C=O) groups excluding carboxylic acids is 1. The average molecular weight is 375 g/mol. The molecule has 0 radical (unpaired) electrons. The van der Waals surface area contributed by atoms with Gasteiger partial charge in [0.05, 0.1) is 5.69 Å². The zero-order valence-corrected chi connectivity index (χ0v) is 15.6. The maximum atomic E-state index is 12.7. The van der Waals surface area contributed by atoms with Gasteiger partial charge in [0.15, 0.2) is 5.82 Å². The molecule has 142 valence electrons. The summed E-state index contributed by atoms with van der Waals surface area (Å²) in [6.07, 6.45) is 0.997. The van der Waals surface area contributed by atoms with E-state index < -0.39 is 0 Å². The van der Waals surface area contributed by atoms with Crippen LogP contribution in [0.25, 0.3) is 0 Å². The number of benzene rings is 1. The second kappa shape index (κ2) is 6.70. The molecule has 1 N–H and O–H groups in total. The lowest BCUT2D eigenvalue weighted by Crippen LogP contribution is -2.27. The van der Waals surface area contributed by atoms with E-state index in [2.05, 4.69) is 30.6 Å². The first kappa shape index (κ1) is 16.9. The molecule has 1 aromatic carbocycles. The van der Waals surface area contributed by atoms with Crippen LogP contribution in [0, 0.1) is 12.8 Å².